The number of carbonyl (C=O) groups is 1. The summed E-state index contributed by atoms with van der Waals surface area (Å²) in [7, 11) is 0. The van der Waals surface area contributed by atoms with E-state index < -0.39 is 6.04 Å². The maximum atomic E-state index is 11.8. The fourth-order valence-electron chi connectivity index (χ4n) is 2.16. The molecule has 100 valence electrons. The predicted molar refractivity (Wildman–Crippen MR) is 72.5 cm³/mol. The van der Waals surface area contributed by atoms with E-state index >= 15 is 0 Å². The van der Waals surface area contributed by atoms with Gasteiger partial charge in [-0.1, -0.05) is 18.9 Å². The molecule has 1 saturated carbocycles. The van der Waals surface area contributed by atoms with Gasteiger partial charge in [-0.15, -0.1) is 11.3 Å². The van der Waals surface area contributed by atoms with Gasteiger partial charge in [-0.3, -0.25) is 4.79 Å². The van der Waals surface area contributed by atoms with E-state index in [1.54, 1.807) is 0 Å². The van der Waals surface area contributed by atoms with Crippen LogP contribution in [0, 0.1) is 0 Å². The summed E-state index contributed by atoms with van der Waals surface area (Å²) in [5, 5.41) is 4.73. The van der Waals surface area contributed by atoms with Crippen molar-refractivity contribution in [3.63, 3.8) is 0 Å². The van der Waals surface area contributed by atoms with Crippen LogP contribution in [0.2, 0.25) is 0 Å². The van der Waals surface area contributed by atoms with E-state index in [0.29, 0.717) is 19.3 Å². The van der Waals surface area contributed by atoms with E-state index in [1.807, 2.05) is 17.5 Å². The topological polar surface area (TPSA) is 64.4 Å². The summed E-state index contributed by atoms with van der Waals surface area (Å²) >= 11 is 1.50. The van der Waals surface area contributed by atoms with Gasteiger partial charge in [0.05, 0.1) is 12.7 Å². The van der Waals surface area contributed by atoms with Gasteiger partial charge in [0.15, 0.2) is 0 Å². The first-order chi connectivity index (χ1) is 8.77. The Bertz CT molecular complexity index is 361. The highest BCUT2D eigenvalue weighted by molar-refractivity contribution is 7.10. The predicted octanol–water partition coefficient (Wildman–Crippen LogP) is 1.82. The van der Waals surface area contributed by atoms with Gasteiger partial charge in [0.2, 0.25) is 5.91 Å². The molecule has 1 atom stereocenters. The highest BCUT2D eigenvalue weighted by Crippen LogP contribution is 2.20. The number of amides is 1. The summed E-state index contributed by atoms with van der Waals surface area (Å²) in [6.07, 6.45) is 5.24. The fraction of sp³-hybridized carbons (Fsp3) is 0.615. The fourth-order valence-corrected chi connectivity index (χ4v) is 2.89. The zero-order valence-corrected chi connectivity index (χ0v) is 11.2. The molecule has 1 aromatic rings. The molecule has 0 spiro atoms. The smallest absolute Gasteiger partial charge is 0.242 e. The first-order valence-electron chi connectivity index (χ1n) is 6.45. The maximum Gasteiger partial charge on any atom is 0.242 e. The molecule has 1 aromatic heterocycles. The van der Waals surface area contributed by atoms with Gasteiger partial charge in [-0.05, 0) is 24.3 Å². The Hall–Kier alpha value is -0.910. The van der Waals surface area contributed by atoms with Crippen molar-refractivity contribution in [1.82, 2.24) is 5.32 Å². The van der Waals surface area contributed by atoms with Crippen molar-refractivity contribution < 1.29 is 9.53 Å². The second-order valence-electron chi connectivity index (χ2n) is 4.56. The van der Waals surface area contributed by atoms with Gasteiger partial charge in [0, 0.05) is 11.4 Å². The Balaban J connectivity index is 1.62. The highest BCUT2D eigenvalue weighted by Gasteiger charge is 2.17. The zero-order valence-electron chi connectivity index (χ0n) is 10.4. The highest BCUT2D eigenvalue weighted by atomic mass is 32.1. The van der Waals surface area contributed by atoms with Crippen molar-refractivity contribution in [1.29, 1.82) is 0 Å². The van der Waals surface area contributed by atoms with Gasteiger partial charge < -0.3 is 15.8 Å². The molecule has 18 heavy (non-hydrogen) atoms. The number of carbonyl (C=O) groups excluding carboxylic acids is 1. The quantitative estimate of drug-likeness (QED) is 0.774. The lowest BCUT2D eigenvalue weighted by Gasteiger charge is -2.13. The minimum atomic E-state index is -0.559. The van der Waals surface area contributed by atoms with Crippen molar-refractivity contribution in [2.45, 2.75) is 37.8 Å². The summed E-state index contributed by atoms with van der Waals surface area (Å²) in [6, 6.07) is 3.22. The van der Waals surface area contributed by atoms with Crippen LogP contribution in [0.25, 0.3) is 0 Å². The molecular formula is C13H20N2O2S. The van der Waals surface area contributed by atoms with Gasteiger partial charge in [0.1, 0.15) is 6.04 Å². The standard InChI is InChI=1S/C13H20N2O2S/c14-12(11-6-3-9-18-11)13(16)15-7-8-17-10-4-1-2-5-10/h3,6,9-10,12H,1-2,4-5,7-8,14H2,(H,15,16). The molecule has 3 N–H and O–H groups in total. The Morgan fingerprint density at radius 1 is 1.56 bits per heavy atom. The van der Waals surface area contributed by atoms with Crippen molar-refractivity contribution in [2.24, 2.45) is 5.73 Å². The number of hydrogen-bond donors (Lipinski definition) is 2. The molecule has 0 radical (unpaired) electrons. The summed E-state index contributed by atoms with van der Waals surface area (Å²) in [5.41, 5.74) is 5.84. The number of nitrogens with two attached hydrogens (primary N) is 1. The first-order valence-corrected chi connectivity index (χ1v) is 7.33. The molecule has 1 unspecified atom stereocenters. The number of hydrogen-bond acceptors (Lipinski definition) is 4. The summed E-state index contributed by atoms with van der Waals surface area (Å²) in [4.78, 5) is 12.6. The number of thiophene rings is 1. The minimum Gasteiger partial charge on any atom is -0.376 e. The van der Waals surface area contributed by atoms with Crippen LogP contribution in [0.4, 0.5) is 0 Å². The van der Waals surface area contributed by atoms with E-state index in [-0.39, 0.29) is 5.91 Å². The van der Waals surface area contributed by atoms with Crippen LogP contribution < -0.4 is 11.1 Å². The molecular weight excluding hydrogens is 248 g/mol. The van der Waals surface area contributed by atoms with Gasteiger partial charge in [0.25, 0.3) is 0 Å². The molecule has 1 amide bonds. The molecule has 0 saturated heterocycles. The molecule has 0 aliphatic heterocycles. The monoisotopic (exact) mass is 268 g/mol. The van der Waals surface area contributed by atoms with Crippen LogP contribution >= 0.6 is 11.3 Å². The SMILES string of the molecule is NC(C(=O)NCCOC1CCCC1)c1cccs1. The van der Waals surface area contributed by atoms with E-state index in [1.165, 1.54) is 24.2 Å². The second-order valence-corrected chi connectivity index (χ2v) is 5.54. The third-order valence-electron chi connectivity index (χ3n) is 3.19. The molecule has 1 fully saturated rings. The van der Waals surface area contributed by atoms with Gasteiger partial charge >= 0.3 is 0 Å². The molecule has 5 heteroatoms. The third kappa shape index (κ3) is 3.80. The normalized spacial score (nSPS) is 17.8. The molecule has 4 nitrogen and oxygen atoms in total. The van der Waals surface area contributed by atoms with Crippen LogP contribution in [-0.4, -0.2) is 25.2 Å². The Morgan fingerprint density at radius 3 is 3.00 bits per heavy atom. The van der Waals surface area contributed by atoms with Gasteiger partial charge in [-0.2, -0.15) is 0 Å². The summed E-state index contributed by atoms with van der Waals surface area (Å²) in [6.45, 7) is 1.11. The molecule has 2 rings (SSSR count). The molecule has 0 aromatic carbocycles. The van der Waals surface area contributed by atoms with Crippen LogP contribution in [0.3, 0.4) is 0 Å². The lowest BCUT2D eigenvalue weighted by Crippen LogP contribution is -2.36. The van der Waals surface area contributed by atoms with Crippen LogP contribution in [0.5, 0.6) is 0 Å². The number of nitrogens with one attached hydrogen (secondary N) is 1. The lowest BCUT2D eigenvalue weighted by molar-refractivity contribution is -0.122. The van der Waals surface area contributed by atoms with Crippen molar-refractivity contribution in [2.75, 3.05) is 13.2 Å². The van der Waals surface area contributed by atoms with E-state index in [2.05, 4.69) is 5.32 Å². The number of ether oxygens (including phenoxy) is 1. The van der Waals surface area contributed by atoms with E-state index in [9.17, 15) is 4.79 Å². The van der Waals surface area contributed by atoms with Crippen LogP contribution in [0.1, 0.15) is 36.6 Å². The summed E-state index contributed by atoms with van der Waals surface area (Å²) < 4.78 is 5.67. The number of rotatable bonds is 6. The molecule has 1 heterocycles. The zero-order chi connectivity index (χ0) is 12.8. The first kappa shape index (κ1) is 13.5. The van der Waals surface area contributed by atoms with Crippen LogP contribution in [-0.2, 0) is 9.53 Å². The summed E-state index contributed by atoms with van der Waals surface area (Å²) in [5.74, 6) is -0.132. The second kappa shape index (κ2) is 6.87. The average molecular weight is 268 g/mol. The van der Waals surface area contributed by atoms with E-state index in [4.69, 9.17) is 10.5 Å². The minimum absolute atomic E-state index is 0.132. The maximum absolute atomic E-state index is 11.8. The van der Waals surface area contributed by atoms with Crippen molar-refractivity contribution in [3.05, 3.63) is 22.4 Å². The van der Waals surface area contributed by atoms with Crippen molar-refractivity contribution >= 4 is 17.2 Å². The molecule has 1 aliphatic rings. The van der Waals surface area contributed by atoms with Crippen molar-refractivity contribution in [3.8, 4) is 0 Å². The lowest BCUT2D eigenvalue weighted by atomic mass is 10.2. The molecule has 0 bridgehead atoms. The third-order valence-corrected chi connectivity index (χ3v) is 4.14. The molecule has 1 aliphatic carbocycles. The largest absolute Gasteiger partial charge is 0.376 e. The van der Waals surface area contributed by atoms with Crippen LogP contribution in [0.15, 0.2) is 17.5 Å². The Kier molecular flexibility index (Phi) is 5.16. The van der Waals surface area contributed by atoms with Gasteiger partial charge in [-0.25, -0.2) is 0 Å². The van der Waals surface area contributed by atoms with E-state index in [0.717, 1.165) is 17.7 Å². The Labute approximate surface area is 112 Å². The Morgan fingerprint density at radius 2 is 2.33 bits per heavy atom. The average Bonchev–Trinajstić information content (AvgIpc) is 3.05.